The minimum absolute atomic E-state index is 0.105. The first-order valence-electron chi connectivity index (χ1n) is 6.17. The maximum atomic E-state index is 10.4. The van der Waals surface area contributed by atoms with E-state index in [0.717, 1.165) is 11.1 Å². The van der Waals surface area contributed by atoms with Gasteiger partial charge in [0.1, 0.15) is 6.29 Å². The van der Waals surface area contributed by atoms with E-state index in [2.05, 4.69) is 0 Å². The quantitative estimate of drug-likeness (QED) is 0.502. The number of aromatic hydroxyl groups is 1. The van der Waals surface area contributed by atoms with E-state index in [9.17, 15) is 9.90 Å². The molecular weight excluding hydrogens is 244 g/mol. The minimum Gasteiger partial charge on any atom is -0.504 e. The lowest BCUT2D eigenvalue weighted by molar-refractivity contribution is -0.104. The number of hydrogen-bond acceptors (Lipinski definition) is 4. The molecule has 1 aromatic rings. The number of benzene rings is 1. The number of phenolic OH excluding ortho intramolecular Hbond substituents is 1. The van der Waals surface area contributed by atoms with Gasteiger partial charge in [-0.15, -0.1) is 0 Å². The number of aldehydes is 1. The van der Waals surface area contributed by atoms with E-state index in [4.69, 9.17) is 9.47 Å². The van der Waals surface area contributed by atoms with Crippen molar-refractivity contribution in [3.05, 3.63) is 29.3 Å². The van der Waals surface area contributed by atoms with Gasteiger partial charge in [-0.2, -0.15) is 0 Å². The Bertz CT molecular complexity index is 517. The van der Waals surface area contributed by atoms with Crippen molar-refractivity contribution in [2.75, 3.05) is 7.11 Å². The van der Waals surface area contributed by atoms with Crippen molar-refractivity contribution in [3.63, 3.8) is 0 Å². The highest BCUT2D eigenvalue weighted by atomic mass is 16.6. The molecular formula is C15H18O4. The van der Waals surface area contributed by atoms with Crippen LogP contribution in [0.1, 0.15) is 25.0 Å². The Balaban J connectivity index is 2.30. The summed E-state index contributed by atoms with van der Waals surface area (Å²) in [5.74, 6) is 0.540. The van der Waals surface area contributed by atoms with Crippen LogP contribution in [0.25, 0.3) is 6.08 Å². The Labute approximate surface area is 112 Å². The second kappa shape index (κ2) is 5.05. The van der Waals surface area contributed by atoms with Gasteiger partial charge in [0.05, 0.1) is 18.8 Å². The smallest absolute Gasteiger partial charge is 0.161 e. The van der Waals surface area contributed by atoms with Crippen LogP contribution in [0, 0.1) is 0 Å². The average Bonchev–Trinajstić information content (AvgIpc) is 2.97. The van der Waals surface area contributed by atoms with Gasteiger partial charge in [-0.3, -0.25) is 4.79 Å². The summed E-state index contributed by atoms with van der Waals surface area (Å²) in [6.45, 7) is 4.03. The summed E-state index contributed by atoms with van der Waals surface area (Å²) in [4.78, 5) is 10.4. The zero-order valence-corrected chi connectivity index (χ0v) is 11.3. The Kier molecular flexibility index (Phi) is 3.62. The van der Waals surface area contributed by atoms with E-state index < -0.39 is 0 Å². The lowest BCUT2D eigenvalue weighted by Crippen LogP contribution is -2.06. The van der Waals surface area contributed by atoms with Crippen molar-refractivity contribution < 1.29 is 19.4 Å². The number of ether oxygens (including phenoxy) is 2. The highest BCUT2D eigenvalue weighted by Crippen LogP contribution is 2.41. The molecule has 1 aliphatic rings. The fraction of sp³-hybridized carbons (Fsp3) is 0.400. The first-order chi connectivity index (χ1) is 8.97. The molecule has 2 rings (SSSR count). The van der Waals surface area contributed by atoms with Crippen molar-refractivity contribution in [1.82, 2.24) is 0 Å². The second-order valence-corrected chi connectivity index (χ2v) is 5.14. The Morgan fingerprint density at radius 2 is 2.16 bits per heavy atom. The maximum Gasteiger partial charge on any atom is 0.161 e. The molecule has 1 aromatic carbocycles. The molecule has 0 aliphatic carbocycles. The van der Waals surface area contributed by atoms with Crippen LogP contribution < -0.4 is 4.74 Å². The van der Waals surface area contributed by atoms with Gasteiger partial charge in [0.25, 0.3) is 0 Å². The number of hydrogen-bond donors (Lipinski definition) is 1. The van der Waals surface area contributed by atoms with Crippen molar-refractivity contribution in [3.8, 4) is 11.5 Å². The number of rotatable bonds is 5. The third kappa shape index (κ3) is 2.96. The standard InChI is InChI=1S/C15H18O4/c1-15(2)13(19-15)9-11-7-10(5-4-6-16)8-12(18-3)14(11)17/h4-8,13,17H,9H2,1-3H3. The summed E-state index contributed by atoms with van der Waals surface area (Å²) in [6.07, 6.45) is 4.53. The summed E-state index contributed by atoms with van der Waals surface area (Å²) in [7, 11) is 1.50. The van der Waals surface area contributed by atoms with E-state index in [1.807, 2.05) is 19.9 Å². The topological polar surface area (TPSA) is 59.1 Å². The van der Waals surface area contributed by atoms with Gasteiger partial charge in [-0.05, 0) is 37.6 Å². The van der Waals surface area contributed by atoms with E-state index >= 15 is 0 Å². The molecule has 0 aromatic heterocycles. The molecule has 1 atom stereocenters. The molecule has 1 heterocycles. The Morgan fingerprint density at radius 1 is 1.47 bits per heavy atom. The third-order valence-corrected chi connectivity index (χ3v) is 3.33. The highest BCUT2D eigenvalue weighted by Gasteiger charge is 2.47. The molecule has 0 saturated carbocycles. The maximum absolute atomic E-state index is 10.4. The Morgan fingerprint density at radius 3 is 2.68 bits per heavy atom. The van der Waals surface area contributed by atoms with Gasteiger partial charge >= 0.3 is 0 Å². The number of allylic oxidation sites excluding steroid dienone is 1. The first-order valence-corrected chi connectivity index (χ1v) is 6.17. The molecule has 1 N–H and O–H groups in total. The van der Waals surface area contributed by atoms with Crippen molar-refractivity contribution in [2.45, 2.75) is 32.0 Å². The summed E-state index contributed by atoms with van der Waals surface area (Å²) < 4.78 is 10.7. The third-order valence-electron chi connectivity index (χ3n) is 3.33. The monoisotopic (exact) mass is 262 g/mol. The van der Waals surface area contributed by atoms with Gasteiger partial charge in [0.2, 0.25) is 0 Å². The molecule has 0 radical (unpaired) electrons. The molecule has 0 spiro atoms. The van der Waals surface area contributed by atoms with Crippen LogP contribution in [0.2, 0.25) is 0 Å². The number of carbonyl (C=O) groups is 1. The van der Waals surface area contributed by atoms with Crippen LogP contribution in [-0.4, -0.2) is 30.2 Å². The summed E-state index contributed by atoms with van der Waals surface area (Å²) in [6, 6.07) is 3.54. The van der Waals surface area contributed by atoms with Gasteiger partial charge in [-0.25, -0.2) is 0 Å². The predicted octanol–water partition coefficient (Wildman–Crippen LogP) is 2.33. The number of phenols is 1. The first kappa shape index (κ1) is 13.6. The van der Waals surface area contributed by atoms with Gasteiger partial charge < -0.3 is 14.6 Å². The zero-order chi connectivity index (χ0) is 14.0. The number of methoxy groups -OCH3 is 1. The molecule has 1 unspecified atom stereocenters. The van der Waals surface area contributed by atoms with Crippen LogP contribution in [0.15, 0.2) is 18.2 Å². The normalized spacial score (nSPS) is 20.5. The van der Waals surface area contributed by atoms with Gasteiger partial charge in [0.15, 0.2) is 11.5 Å². The molecule has 1 saturated heterocycles. The van der Waals surface area contributed by atoms with Crippen LogP contribution in [-0.2, 0) is 16.0 Å². The summed E-state index contributed by atoms with van der Waals surface area (Å²) in [5.41, 5.74) is 1.45. The molecule has 102 valence electrons. The second-order valence-electron chi connectivity index (χ2n) is 5.14. The lowest BCUT2D eigenvalue weighted by atomic mass is 9.99. The lowest BCUT2D eigenvalue weighted by Gasteiger charge is -2.10. The number of epoxide rings is 1. The largest absolute Gasteiger partial charge is 0.504 e. The fourth-order valence-electron chi connectivity index (χ4n) is 2.07. The van der Waals surface area contributed by atoms with E-state index in [0.29, 0.717) is 18.5 Å². The zero-order valence-electron chi connectivity index (χ0n) is 11.3. The van der Waals surface area contributed by atoms with Crippen LogP contribution >= 0.6 is 0 Å². The molecule has 0 bridgehead atoms. The van der Waals surface area contributed by atoms with E-state index in [-0.39, 0.29) is 17.5 Å². The minimum atomic E-state index is -0.131. The molecule has 19 heavy (non-hydrogen) atoms. The van der Waals surface area contributed by atoms with Crippen molar-refractivity contribution in [2.24, 2.45) is 0 Å². The summed E-state index contributed by atoms with van der Waals surface area (Å²) >= 11 is 0. The SMILES string of the molecule is COc1cc(C=CC=O)cc(CC2OC2(C)C)c1O. The molecule has 4 nitrogen and oxygen atoms in total. The van der Waals surface area contributed by atoms with Crippen LogP contribution in [0.3, 0.4) is 0 Å². The number of carbonyl (C=O) groups excluding carboxylic acids is 1. The highest BCUT2D eigenvalue weighted by molar-refractivity contribution is 5.74. The molecule has 1 aliphatic heterocycles. The fourth-order valence-corrected chi connectivity index (χ4v) is 2.07. The van der Waals surface area contributed by atoms with Crippen LogP contribution in [0.5, 0.6) is 11.5 Å². The van der Waals surface area contributed by atoms with Crippen molar-refractivity contribution >= 4 is 12.4 Å². The molecule has 4 heteroatoms. The van der Waals surface area contributed by atoms with Gasteiger partial charge in [0, 0.05) is 12.0 Å². The molecule has 0 amide bonds. The van der Waals surface area contributed by atoms with E-state index in [1.165, 1.54) is 13.2 Å². The molecule has 1 fully saturated rings. The van der Waals surface area contributed by atoms with E-state index in [1.54, 1.807) is 12.1 Å². The van der Waals surface area contributed by atoms with Crippen molar-refractivity contribution in [1.29, 1.82) is 0 Å². The predicted molar refractivity (Wildman–Crippen MR) is 72.4 cm³/mol. The van der Waals surface area contributed by atoms with Crippen LogP contribution in [0.4, 0.5) is 0 Å². The summed E-state index contributed by atoms with van der Waals surface area (Å²) in [5, 5.41) is 10.1. The average molecular weight is 262 g/mol. The van der Waals surface area contributed by atoms with Gasteiger partial charge in [-0.1, -0.05) is 6.08 Å². The Hall–Kier alpha value is -1.81.